The topological polar surface area (TPSA) is 67.4 Å². The molecule has 27 heavy (non-hydrogen) atoms. The third-order valence-corrected chi connectivity index (χ3v) is 4.96. The van der Waals surface area contributed by atoms with Crippen LogP contribution in [0.25, 0.3) is 0 Å². The van der Waals surface area contributed by atoms with Gasteiger partial charge in [-0.25, -0.2) is 0 Å². The molecule has 0 bridgehead atoms. The molecule has 1 fully saturated rings. The zero-order valence-electron chi connectivity index (χ0n) is 15.6. The molecule has 0 aliphatic heterocycles. The Morgan fingerprint density at radius 2 is 1.63 bits per heavy atom. The van der Waals surface area contributed by atoms with Crippen LogP contribution in [-0.2, 0) is 4.79 Å². The highest BCUT2D eigenvalue weighted by atomic mass is 16.5. The Balaban J connectivity index is 1.47. The van der Waals surface area contributed by atoms with E-state index in [0.29, 0.717) is 17.2 Å². The number of hydrogen-bond acceptors (Lipinski definition) is 3. The van der Waals surface area contributed by atoms with Crippen molar-refractivity contribution in [3.63, 3.8) is 0 Å². The minimum atomic E-state index is -0.270. The number of benzene rings is 2. The third kappa shape index (κ3) is 5.58. The molecule has 5 heteroatoms. The maximum atomic E-state index is 12.2. The summed E-state index contributed by atoms with van der Waals surface area (Å²) in [6, 6.07) is 16.5. The first kappa shape index (κ1) is 19.0. The number of carbonyl (C=O) groups is 2. The van der Waals surface area contributed by atoms with Crippen LogP contribution in [0, 0.1) is 5.92 Å². The van der Waals surface area contributed by atoms with E-state index in [1.807, 2.05) is 30.3 Å². The fourth-order valence-electron chi connectivity index (χ4n) is 3.35. The van der Waals surface area contributed by atoms with Gasteiger partial charge in [0.1, 0.15) is 11.5 Å². The highest BCUT2D eigenvalue weighted by Crippen LogP contribution is 2.23. The summed E-state index contributed by atoms with van der Waals surface area (Å²) in [5, 5.41) is 5.72. The normalized spacial score (nSPS) is 19.1. The molecule has 2 aromatic rings. The molecule has 0 unspecified atom stereocenters. The van der Waals surface area contributed by atoms with Crippen molar-refractivity contribution < 1.29 is 14.3 Å². The van der Waals surface area contributed by atoms with E-state index >= 15 is 0 Å². The predicted molar refractivity (Wildman–Crippen MR) is 105 cm³/mol. The molecule has 0 spiro atoms. The molecule has 3 rings (SSSR count). The summed E-state index contributed by atoms with van der Waals surface area (Å²) in [4.78, 5) is 24.3. The second kappa shape index (κ2) is 9.21. The molecule has 2 atom stereocenters. The van der Waals surface area contributed by atoms with E-state index < -0.39 is 0 Å². The van der Waals surface area contributed by atoms with Gasteiger partial charge >= 0.3 is 0 Å². The Labute approximate surface area is 160 Å². The van der Waals surface area contributed by atoms with E-state index in [9.17, 15) is 9.59 Å². The van der Waals surface area contributed by atoms with Crippen molar-refractivity contribution in [2.75, 3.05) is 6.54 Å². The van der Waals surface area contributed by atoms with Gasteiger partial charge in [-0.1, -0.05) is 38.0 Å². The van der Waals surface area contributed by atoms with Crippen molar-refractivity contribution in [1.82, 2.24) is 10.6 Å². The summed E-state index contributed by atoms with van der Waals surface area (Å²) in [6.45, 7) is 2.16. The minimum Gasteiger partial charge on any atom is -0.457 e. The number of ether oxygens (including phenoxy) is 1. The Bertz CT molecular complexity index is 759. The van der Waals surface area contributed by atoms with E-state index in [1.54, 1.807) is 24.3 Å². The summed E-state index contributed by atoms with van der Waals surface area (Å²) in [7, 11) is 0. The first-order valence-corrected chi connectivity index (χ1v) is 9.52. The van der Waals surface area contributed by atoms with Crippen molar-refractivity contribution in [2.45, 2.75) is 38.6 Å². The standard InChI is InChI=1S/C22H26N2O3/c1-16-7-5-6-10-20(16)24-21(25)15-23-22(26)17-11-13-19(14-12-17)27-18-8-3-2-4-9-18/h2-4,8-9,11-14,16,20H,5-7,10,15H2,1H3,(H,23,26)(H,24,25)/t16-,20-/m0/s1. The van der Waals surface area contributed by atoms with Crippen molar-refractivity contribution in [3.8, 4) is 11.5 Å². The molecule has 5 nitrogen and oxygen atoms in total. The van der Waals surface area contributed by atoms with Gasteiger partial charge < -0.3 is 15.4 Å². The van der Waals surface area contributed by atoms with Crippen LogP contribution in [0.2, 0.25) is 0 Å². The number of rotatable bonds is 6. The lowest BCUT2D eigenvalue weighted by atomic mass is 9.86. The van der Waals surface area contributed by atoms with Gasteiger partial charge in [0.2, 0.25) is 5.91 Å². The van der Waals surface area contributed by atoms with Crippen LogP contribution in [0.3, 0.4) is 0 Å². The number of nitrogens with one attached hydrogen (secondary N) is 2. The average molecular weight is 366 g/mol. The number of hydrogen-bond donors (Lipinski definition) is 2. The van der Waals surface area contributed by atoms with E-state index in [0.717, 1.165) is 25.0 Å². The van der Waals surface area contributed by atoms with Crippen molar-refractivity contribution >= 4 is 11.8 Å². The molecule has 2 amide bonds. The van der Waals surface area contributed by atoms with Gasteiger partial charge in [-0.05, 0) is 55.2 Å². The molecular weight excluding hydrogens is 340 g/mol. The predicted octanol–water partition coefficient (Wildman–Crippen LogP) is 3.90. The van der Waals surface area contributed by atoms with Crippen LogP contribution in [0.15, 0.2) is 54.6 Å². The summed E-state index contributed by atoms with van der Waals surface area (Å²) in [5.41, 5.74) is 0.495. The molecule has 1 aliphatic carbocycles. The molecule has 0 radical (unpaired) electrons. The van der Waals surface area contributed by atoms with Gasteiger partial charge in [-0.2, -0.15) is 0 Å². The van der Waals surface area contributed by atoms with Crippen LogP contribution in [-0.4, -0.2) is 24.4 Å². The van der Waals surface area contributed by atoms with Gasteiger partial charge in [0, 0.05) is 11.6 Å². The molecule has 2 aromatic carbocycles. The van der Waals surface area contributed by atoms with Gasteiger partial charge in [-0.3, -0.25) is 9.59 Å². The van der Waals surface area contributed by atoms with E-state index in [-0.39, 0.29) is 24.4 Å². The number of para-hydroxylation sites is 1. The highest BCUT2D eigenvalue weighted by molar-refractivity contribution is 5.96. The maximum Gasteiger partial charge on any atom is 0.251 e. The lowest BCUT2D eigenvalue weighted by Gasteiger charge is -2.29. The lowest BCUT2D eigenvalue weighted by Crippen LogP contribution is -2.45. The Morgan fingerprint density at radius 1 is 0.963 bits per heavy atom. The van der Waals surface area contributed by atoms with E-state index in [4.69, 9.17) is 4.74 Å². The quantitative estimate of drug-likeness (QED) is 0.815. The van der Waals surface area contributed by atoms with Crippen molar-refractivity contribution in [1.29, 1.82) is 0 Å². The Hall–Kier alpha value is -2.82. The lowest BCUT2D eigenvalue weighted by molar-refractivity contribution is -0.121. The van der Waals surface area contributed by atoms with Crippen LogP contribution in [0.5, 0.6) is 11.5 Å². The first-order valence-electron chi connectivity index (χ1n) is 9.52. The van der Waals surface area contributed by atoms with E-state index in [1.165, 1.54) is 6.42 Å². The summed E-state index contributed by atoms with van der Waals surface area (Å²) in [6.07, 6.45) is 4.55. The van der Waals surface area contributed by atoms with Crippen molar-refractivity contribution in [3.05, 3.63) is 60.2 Å². The van der Waals surface area contributed by atoms with Crippen LogP contribution < -0.4 is 15.4 Å². The molecule has 1 aliphatic rings. The van der Waals surface area contributed by atoms with Gasteiger partial charge in [0.25, 0.3) is 5.91 Å². The van der Waals surface area contributed by atoms with Gasteiger partial charge in [0.05, 0.1) is 6.54 Å². The molecule has 0 heterocycles. The van der Waals surface area contributed by atoms with Crippen LogP contribution in [0.1, 0.15) is 43.0 Å². The molecule has 0 saturated heterocycles. The average Bonchev–Trinajstić information content (AvgIpc) is 2.69. The highest BCUT2D eigenvalue weighted by Gasteiger charge is 2.22. The SMILES string of the molecule is C[C@H]1CCCC[C@@H]1NC(=O)CNC(=O)c1ccc(Oc2ccccc2)cc1. The summed E-state index contributed by atoms with van der Waals surface area (Å²) < 4.78 is 5.71. The first-order chi connectivity index (χ1) is 13.1. The second-order valence-corrected chi connectivity index (χ2v) is 7.06. The number of amides is 2. The fourth-order valence-corrected chi connectivity index (χ4v) is 3.35. The Morgan fingerprint density at radius 3 is 2.33 bits per heavy atom. The summed E-state index contributed by atoms with van der Waals surface area (Å²) in [5.74, 6) is 1.49. The smallest absolute Gasteiger partial charge is 0.251 e. The van der Waals surface area contributed by atoms with Crippen molar-refractivity contribution in [2.24, 2.45) is 5.92 Å². The minimum absolute atomic E-state index is 0.00960. The molecular formula is C22H26N2O3. The largest absolute Gasteiger partial charge is 0.457 e. The van der Waals surface area contributed by atoms with E-state index in [2.05, 4.69) is 17.6 Å². The van der Waals surface area contributed by atoms with Gasteiger partial charge in [-0.15, -0.1) is 0 Å². The molecule has 142 valence electrons. The maximum absolute atomic E-state index is 12.2. The summed E-state index contributed by atoms with van der Waals surface area (Å²) >= 11 is 0. The zero-order chi connectivity index (χ0) is 19.1. The number of carbonyl (C=O) groups excluding carboxylic acids is 2. The molecule has 1 saturated carbocycles. The Kier molecular flexibility index (Phi) is 6.47. The third-order valence-electron chi connectivity index (χ3n) is 4.96. The molecule has 2 N–H and O–H groups in total. The fraction of sp³-hybridized carbons (Fsp3) is 0.364. The van der Waals surface area contributed by atoms with Crippen LogP contribution in [0.4, 0.5) is 0 Å². The van der Waals surface area contributed by atoms with Crippen LogP contribution >= 0.6 is 0 Å². The monoisotopic (exact) mass is 366 g/mol. The molecule has 0 aromatic heterocycles. The van der Waals surface area contributed by atoms with Gasteiger partial charge in [0.15, 0.2) is 0 Å². The zero-order valence-corrected chi connectivity index (χ0v) is 15.6. The second-order valence-electron chi connectivity index (χ2n) is 7.06.